The lowest BCUT2D eigenvalue weighted by molar-refractivity contribution is -0.120. The van der Waals surface area contributed by atoms with Crippen LogP contribution in [0.15, 0.2) is 84.0 Å². The highest BCUT2D eigenvalue weighted by molar-refractivity contribution is 5.97. The van der Waals surface area contributed by atoms with Crippen LogP contribution in [-0.4, -0.2) is 45.9 Å². The Kier molecular flexibility index (Phi) is 8.97. The van der Waals surface area contributed by atoms with Crippen LogP contribution in [0.5, 0.6) is 23.0 Å². The molecular weight excluding hydrogens is 498 g/mol. The number of nitrogens with one attached hydrogen (secondary N) is 2. The number of amides is 2. The summed E-state index contributed by atoms with van der Waals surface area (Å²) in [6.07, 6.45) is 1.48. The number of rotatable bonds is 11. The molecule has 9 heteroatoms. The first-order chi connectivity index (χ1) is 19.0. The third-order valence-corrected chi connectivity index (χ3v) is 5.91. The molecule has 4 aromatic rings. The average Bonchev–Trinajstić information content (AvgIpc) is 2.98. The van der Waals surface area contributed by atoms with Crippen LogP contribution in [0.25, 0.3) is 10.8 Å². The van der Waals surface area contributed by atoms with Crippen molar-refractivity contribution in [2.24, 2.45) is 5.10 Å². The largest absolute Gasteiger partial charge is 0.493 e. The van der Waals surface area contributed by atoms with Crippen molar-refractivity contribution in [3.63, 3.8) is 0 Å². The minimum Gasteiger partial charge on any atom is -0.493 e. The van der Waals surface area contributed by atoms with Gasteiger partial charge in [-0.3, -0.25) is 9.59 Å². The van der Waals surface area contributed by atoms with Gasteiger partial charge in [0.1, 0.15) is 6.61 Å². The first-order valence-corrected chi connectivity index (χ1v) is 12.1. The van der Waals surface area contributed by atoms with Gasteiger partial charge in [-0.25, -0.2) is 5.43 Å². The van der Waals surface area contributed by atoms with Crippen LogP contribution >= 0.6 is 0 Å². The van der Waals surface area contributed by atoms with E-state index in [0.717, 1.165) is 16.3 Å². The summed E-state index contributed by atoms with van der Waals surface area (Å²) in [5, 5.41) is 8.80. The van der Waals surface area contributed by atoms with Crippen LogP contribution in [-0.2, 0) is 11.4 Å². The van der Waals surface area contributed by atoms with E-state index in [9.17, 15) is 9.59 Å². The molecule has 0 atom stereocenters. The Morgan fingerprint density at radius 3 is 2.31 bits per heavy atom. The predicted octanol–water partition coefficient (Wildman–Crippen LogP) is 4.32. The number of hydrogen-bond donors (Lipinski definition) is 2. The normalized spacial score (nSPS) is 10.7. The molecule has 0 aliphatic rings. The lowest BCUT2D eigenvalue weighted by Gasteiger charge is -2.12. The van der Waals surface area contributed by atoms with Crippen molar-refractivity contribution in [3.05, 3.63) is 95.6 Å². The van der Waals surface area contributed by atoms with Gasteiger partial charge >= 0.3 is 0 Å². The van der Waals surface area contributed by atoms with E-state index >= 15 is 0 Å². The standard InChI is InChI=1S/C30H29N3O6/c1-36-25-14-12-22(16-28(25)38-3)30(35)31-18-29(34)33-32-17-20-11-13-26(27(15-20)37-2)39-19-23-9-6-8-21-7-4-5-10-24(21)23/h4-17H,18-19H2,1-3H3,(H,31,35)(H,33,34)/b32-17+. The number of nitrogens with zero attached hydrogens (tertiary/aromatic N) is 1. The number of fused-ring (bicyclic) bond motifs is 1. The molecule has 0 unspecified atom stereocenters. The lowest BCUT2D eigenvalue weighted by Crippen LogP contribution is -2.34. The molecule has 0 spiro atoms. The molecule has 2 N–H and O–H groups in total. The molecular formula is C30H29N3O6. The highest BCUT2D eigenvalue weighted by Gasteiger charge is 2.12. The first-order valence-electron chi connectivity index (χ1n) is 12.1. The fourth-order valence-corrected chi connectivity index (χ4v) is 3.92. The summed E-state index contributed by atoms with van der Waals surface area (Å²) in [5.41, 5.74) is 4.49. The Balaban J connectivity index is 1.30. The Hall–Kier alpha value is -5.05. The summed E-state index contributed by atoms with van der Waals surface area (Å²) in [7, 11) is 4.55. The van der Waals surface area contributed by atoms with Crippen LogP contribution in [0.4, 0.5) is 0 Å². The van der Waals surface area contributed by atoms with Gasteiger partial charge in [-0.15, -0.1) is 0 Å². The zero-order chi connectivity index (χ0) is 27.6. The van der Waals surface area contributed by atoms with Crippen LogP contribution in [0, 0.1) is 0 Å². The molecule has 0 fully saturated rings. The molecule has 0 bridgehead atoms. The number of hydrazone groups is 1. The van der Waals surface area contributed by atoms with E-state index in [2.05, 4.69) is 34.0 Å². The van der Waals surface area contributed by atoms with Gasteiger partial charge in [0.05, 0.1) is 34.1 Å². The van der Waals surface area contributed by atoms with Gasteiger partial charge in [0.15, 0.2) is 23.0 Å². The molecule has 0 saturated heterocycles. The molecule has 0 aliphatic heterocycles. The van der Waals surface area contributed by atoms with Crippen LogP contribution in [0.1, 0.15) is 21.5 Å². The molecule has 0 aliphatic carbocycles. The molecule has 0 aromatic heterocycles. The fourth-order valence-electron chi connectivity index (χ4n) is 3.92. The summed E-state index contributed by atoms with van der Waals surface area (Å²) in [4.78, 5) is 24.5. The highest BCUT2D eigenvalue weighted by atomic mass is 16.5. The Morgan fingerprint density at radius 2 is 1.51 bits per heavy atom. The molecule has 0 heterocycles. The molecule has 4 rings (SSSR count). The maximum atomic E-state index is 12.4. The van der Waals surface area contributed by atoms with Crippen molar-refractivity contribution in [2.75, 3.05) is 27.9 Å². The molecule has 39 heavy (non-hydrogen) atoms. The van der Waals surface area contributed by atoms with E-state index < -0.39 is 11.8 Å². The van der Waals surface area contributed by atoms with Crippen LogP contribution in [0.3, 0.4) is 0 Å². The quantitative estimate of drug-likeness (QED) is 0.222. The van der Waals surface area contributed by atoms with Gasteiger partial charge in [0, 0.05) is 5.56 Å². The van der Waals surface area contributed by atoms with Crippen molar-refractivity contribution in [1.82, 2.24) is 10.7 Å². The number of carbonyl (C=O) groups is 2. The summed E-state index contributed by atoms with van der Waals surface area (Å²) in [6.45, 7) is 0.130. The third kappa shape index (κ3) is 6.84. The summed E-state index contributed by atoms with van der Waals surface area (Å²) < 4.78 is 21.9. The van der Waals surface area contributed by atoms with Crippen LogP contribution < -0.4 is 29.7 Å². The zero-order valence-electron chi connectivity index (χ0n) is 21.9. The zero-order valence-corrected chi connectivity index (χ0v) is 21.9. The second-order valence-electron chi connectivity index (χ2n) is 8.38. The first kappa shape index (κ1) is 27.0. The number of methoxy groups -OCH3 is 3. The van der Waals surface area contributed by atoms with E-state index in [1.54, 1.807) is 37.4 Å². The monoisotopic (exact) mass is 527 g/mol. The number of ether oxygens (including phenoxy) is 4. The minimum absolute atomic E-state index is 0.255. The molecule has 9 nitrogen and oxygen atoms in total. The minimum atomic E-state index is -0.484. The van der Waals surface area contributed by atoms with Gasteiger partial charge in [0.2, 0.25) is 0 Å². The molecule has 0 saturated carbocycles. The fraction of sp³-hybridized carbons (Fsp3) is 0.167. The molecule has 200 valence electrons. The maximum absolute atomic E-state index is 12.4. The van der Waals surface area contributed by atoms with Gasteiger partial charge in [-0.1, -0.05) is 42.5 Å². The summed E-state index contributed by atoms with van der Waals surface area (Å²) >= 11 is 0. The van der Waals surface area contributed by atoms with E-state index in [0.29, 0.717) is 40.7 Å². The average molecular weight is 528 g/mol. The smallest absolute Gasteiger partial charge is 0.259 e. The van der Waals surface area contributed by atoms with Crippen molar-refractivity contribution >= 4 is 28.8 Å². The third-order valence-electron chi connectivity index (χ3n) is 5.91. The summed E-state index contributed by atoms with van der Waals surface area (Å²) in [5.74, 6) is 1.12. The highest BCUT2D eigenvalue weighted by Crippen LogP contribution is 2.30. The second kappa shape index (κ2) is 13.0. The topological polar surface area (TPSA) is 107 Å². The number of hydrogen-bond acceptors (Lipinski definition) is 7. The molecule has 4 aromatic carbocycles. The van der Waals surface area contributed by atoms with Crippen LogP contribution in [0.2, 0.25) is 0 Å². The van der Waals surface area contributed by atoms with E-state index in [1.165, 1.54) is 26.5 Å². The summed E-state index contributed by atoms with van der Waals surface area (Å²) in [6, 6.07) is 24.3. The van der Waals surface area contributed by atoms with Gasteiger partial charge in [-0.2, -0.15) is 5.10 Å². The maximum Gasteiger partial charge on any atom is 0.259 e. The Labute approximate surface area is 226 Å². The number of benzene rings is 4. The molecule has 0 radical (unpaired) electrons. The van der Waals surface area contributed by atoms with Crippen molar-refractivity contribution in [3.8, 4) is 23.0 Å². The van der Waals surface area contributed by atoms with E-state index in [-0.39, 0.29) is 6.54 Å². The van der Waals surface area contributed by atoms with Crippen molar-refractivity contribution in [2.45, 2.75) is 6.61 Å². The Morgan fingerprint density at radius 1 is 0.795 bits per heavy atom. The number of carbonyl (C=O) groups excluding carboxylic acids is 2. The van der Waals surface area contributed by atoms with Gasteiger partial charge in [-0.05, 0) is 58.3 Å². The van der Waals surface area contributed by atoms with Crippen molar-refractivity contribution < 1.29 is 28.5 Å². The Bertz CT molecular complexity index is 1500. The predicted molar refractivity (Wildman–Crippen MR) is 149 cm³/mol. The molecule has 2 amide bonds. The van der Waals surface area contributed by atoms with Gasteiger partial charge < -0.3 is 24.3 Å². The lowest BCUT2D eigenvalue weighted by atomic mass is 10.1. The SMILES string of the molecule is COc1ccc(C(=O)NCC(=O)N/N=C/c2ccc(OCc3cccc4ccccc34)c(OC)c2)cc1OC. The van der Waals surface area contributed by atoms with Crippen molar-refractivity contribution in [1.29, 1.82) is 0 Å². The van der Waals surface area contributed by atoms with E-state index in [1.807, 2.05) is 24.3 Å². The van der Waals surface area contributed by atoms with Gasteiger partial charge in [0.25, 0.3) is 11.8 Å². The second-order valence-corrected chi connectivity index (χ2v) is 8.38. The van der Waals surface area contributed by atoms with E-state index in [4.69, 9.17) is 18.9 Å².